The number of fused-ring (bicyclic) bond motifs is 3. The summed E-state index contributed by atoms with van der Waals surface area (Å²) in [5.74, 6) is 0.216. The third-order valence-corrected chi connectivity index (χ3v) is 6.41. The highest BCUT2D eigenvalue weighted by Gasteiger charge is 2.20. The van der Waals surface area contributed by atoms with E-state index in [1.165, 1.54) is 17.4 Å². The third kappa shape index (κ3) is 4.63. The predicted octanol–water partition coefficient (Wildman–Crippen LogP) is 5.93. The van der Waals surface area contributed by atoms with Gasteiger partial charge >= 0.3 is 6.09 Å². The number of halogens is 1. The van der Waals surface area contributed by atoms with Gasteiger partial charge in [0.15, 0.2) is 0 Å². The van der Waals surface area contributed by atoms with E-state index in [0.29, 0.717) is 33.5 Å². The SMILES string of the molecule is COc1cc(C)c2[nH]c(=O)c3sccc3c2c1-c1ccc(CCNC(=O)OC(C)(C)C)c(F)c1. The number of nitrogens with one attached hydrogen (secondary N) is 2. The van der Waals surface area contributed by atoms with Crippen molar-refractivity contribution in [1.29, 1.82) is 0 Å². The fraction of sp³-hybridized carbons (Fsp3) is 0.308. The molecule has 1 amide bonds. The number of aromatic amines is 1. The fourth-order valence-electron chi connectivity index (χ4n) is 4.04. The number of hydrogen-bond acceptors (Lipinski definition) is 5. The van der Waals surface area contributed by atoms with Crippen LogP contribution < -0.4 is 15.6 Å². The molecule has 0 atom stereocenters. The lowest BCUT2D eigenvalue weighted by molar-refractivity contribution is 0.0528. The van der Waals surface area contributed by atoms with Crippen LogP contribution in [0, 0.1) is 12.7 Å². The van der Waals surface area contributed by atoms with Gasteiger partial charge in [0, 0.05) is 22.9 Å². The van der Waals surface area contributed by atoms with E-state index in [1.807, 2.05) is 30.5 Å². The Morgan fingerprint density at radius 1 is 1.21 bits per heavy atom. The van der Waals surface area contributed by atoms with Crippen LogP contribution in [0.3, 0.4) is 0 Å². The molecule has 2 aromatic heterocycles. The van der Waals surface area contributed by atoms with Gasteiger partial charge in [-0.2, -0.15) is 0 Å². The van der Waals surface area contributed by atoms with Crippen molar-refractivity contribution in [2.24, 2.45) is 0 Å². The van der Waals surface area contributed by atoms with E-state index in [0.717, 1.165) is 21.9 Å². The summed E-state index contributed by atoms with van der Waals surface area (Å²) in [6.07, 6.45) is -0.215. The molecule has 2 heterocycles. The van der Waals surface area contributed by atoms with Gasteiger partial charge < -0.3 is 19.8 Å². The molecular weight excluding hydrogens is 455 g/mol. The summed E-state index contributed by atoms with van der Waals surface area (Å²) in [6.45, 7) is 7.51. The lowest BCUT2D eigenvalue weighted by atomic mass is 9.94. The van der Waals surface area contributed by atoms with Crippen LogP contribution >= 0.6 is 11.3 Å². The molecule has 0 saturated carbocycles. The van der Waals surface area contributed by atoms with Crippen LogP contribution in [-0.4, -0.2) is 30.3 Å². The number of aromatic nitrogens is 1. The summed E-state index contributed by atoms with van der Waals surface area (Å²) in [4.78, 5) is 27.4. The Bertz CT molecular complexity index is 1450. The molecule has 0 aliphatic rings. The van der Waals surface area contributed by atoms with Crippen LogP contribution in [-0.2, 0) is 11.2 Å². The summed E-state index contributed by atoms with van der Waals surface area (Å²) in [5, 5.41) is 6.16. The number of pyridine rings is 1. The maximum Gasteiger partial charge on any atom is 0.407 e. The first kappa shape index (κ1) is 23.8. The molecule has 0 bridgehead atoms. The molecule has 34 heavy (non-hydrogen) atoms. The standard InChI is InChI=1S/C26H27FN2O4S/c1-14-12-19(32-5)20(21-17-9-11-34-23(17)24(30)29-22(14)21)16-7-6-15(18(27)13-16)8-10-28-25(31)33-26(2,3)4/h6-7,9,11-13H,8,10H2,1-5H3,(H,28,31)(H,29,30). The molecule has 0 radical (unpaired) electrons. The largest absolute Gasteiger partial charge is 0.496 e. The zero-order valence-electron chi connectivity index (χ0n) is 19.8. The average Bonchev–Trinajstić information content (AvgIpc) is 3.25. The van der Waals surface area contributed by atoms with Crippen molar-refractivity contribution in [1.82, 2.24) is 10.3 Å². The highest BCUT2D eigenvalue weighted by Crippen LogP contribution is 2.42. The second-order valence-electron chi connectivity index (χ2n) is 9.12. The molecule has 2 aromatic carbocycles. The second-order valence-corrected chi connectivity index (χ2v) is 10.0. The van der Waals surface area contributed by atoms with Gasteiger partial charge in [-0.25, -0.2) is 9.18 Å². The number of hydrogen-bond donors (Lipinski definition) is 2. The van der Waals surface area contributed by atoms with Gasteiger partial charge in [-0.1, -0.05) is 12.1 Å². The minimum Gasteiger partial charge on any atom is -0.496 e. The number of aryl methyl sites for hydroxylation is 1. The van der Waals surface area contributed by atoms with Crippen molar-refractivity contribution in [3.63, 3.8) is 0 Å². The molecule has 6 nitrogen and oxygen atoms in total. The molecule has 8 heteroatoms. The molecule has 4 aromatic rings. The number of H-pyrrole nitrogens is 1. The lowest BCUT2D eigenvalue weighted by Gasteiger charge is -2.19. The normalized spacial score (nSPS) is 11.7. The van der Waals surface area contributed by atoms with E-state index in [1.54, 1.807) is 33.9 Å². The first-order valence-electron chi connectivity index (χ1n) is 11.0. The summed E-state index contributed by atoms with van der Waals surface area (Å²) in [7, 11) is 1.58. The van der Waals surface area contributed by atoms with E-state index < -0.39 is 11.7 Å². The number of rotatable bonds is 5. The molecular formula is C26H27FN2O4S. The monoisotopic (exact) mass is 482 g/mol. The number of carbonyl (C=O) groups excluding carboxylic acids is 1. The van der Waals surface area contributed by atoms with E-state index in [9.17, 15) is 9.59 Å². The quantitative estimate of drug-likeness (QED) is 0.369. The van der Waals surface area contributed by atoms with E-state index in [2.05, 4.69) is 10.3 Å². The third-order valence-electron chi connectivity index (χ3n) is 5.49. The Labute approximate surface area is 200 Å². The van der Waals surface area contributed by atoms with Gasteiger partial charge in [-0.15, -0.1) is 11.3 Å². The van der Waals surface area contributed by atoms with Crippen LogP contribution in [0.2, 0.25) is 0 Å². The minimum absolute atomic E-state index is 0.143. The maximum atomic E-state index is 15.1. The van der Waals surface area contributed by atoms with Crippen molar-refractivity contribution in [2.75, 3.05) is 13.7 Å². The van der Waals surface area contributed by atoms with E-state index in [4.69, 9.17) is 9.47 Å². The molecule has 4 rings (SSSR count). The van der Waals surface area contributed by atoms with Crippen molar-refractivity contribution >= 4 is 38.4 Å². The smallest absolute Gasteiger partial charge is 0.407 e. The number of alkyl carbamates (subject to hydrolysis) is 1. The highest BCUT2D eigenvalue weighted by molar-refractivity contribution is 7.17. The molecule has 0 aliphatic carbocycles. The molecule has 0 spiro atoms. The van der Waals surface area contributed by atoms with Gasteiger partial charge in [0.2, 0.25) is 0 Å². The summed E-state index contributed by atoms with van der Waals surface area (Å²) >= 11 is 1.37. The summed E-state index contributed by atoms with van der Waals surface area (Å²) in [5.41, 5.74) is 2.68. The van der Waals surface area contributed by atoms with E-state index >= 15 is 4.39 Å². The predicted molar refractivity (Wildman–Crippen MR) is 135 cm³/mol. The Morgan fingerprint density at radius 3 is 2.65 bits per heavy atom. The topological polar surface area (TPSA) is 80.4 Å². The van der Waals surface area contributed by atoms with Crippen molar-refractivity contribution < 1.29 is 18.7 Å². The van der Waals surface area contributed by atoms with Gasteiger partial charge in [0.1, 0.15) is 21.9 Å². The number of carbonyl (C=O) groups is 1. The zero-order valence-corrected chi connectivity index (χ0v) is 20.6. The van der Waals surface area contributed by atoms with Gasteiger partial charge in [-0.3, -0.25) is 4.79 Å². The zero-order chi connectivity index (χ0) is 24.6. The average molecular weight is 483 g/mol. The number of ether oxygens (including phenoxy) is 2. The van der Waals surface area contributed by atoms with Gasteiger partial charge in [0.05, 0.1) is 12.6 Å². The molecule has 2 N–H and O–H groups in total. The molecule has 178 valence electrons. The molecule has 0 aliphatic heterocycles. The maximum absolute atomic E-state index is 15.1. The van der Waals surface area contributed by atoms with Gasteiger partial charge in [-0.05, 0) is 74.4 Å². The van der Waals surface area contributed by atoms with Crippen molar-refractivity contribution in [3.8, 4) is 16.9 Å². The van der Waals surface area contributed by atoms with E-state index in [-0.39, 0.29) is 17.9 Å². The minimum atomic E-state index is -0.592. The molecule has 0 fully saturated rings. The van der Waals surface area contributed by atoms with Crippen LogP contribution in [0.4, 0.5) is 9.18 Å². The Kier molecular flexibility index (Phi) is 6.36. The Balaban J connectivity index is 1.72. The van der Waals surface area contributed by atoms with Crippen LogP contribution in [0.5, 0.6) is 5.75 Å². The van der Waals surface area contributed by atoms with Crippen LogP contribution in [0.25, 0.3) is 32.1 Å². The van der Waals surface area contributed by atoms with Crippen LogP contribution in [0.1, 0.15) is 31.9 Å². The van der Waals surface area contributed by atoms with Gasteiger partial charge in [0.25, 0.3) is 5.56 Å². The summed E-state index contributed by atoms with van der Waals surface area (Å²) in [6, 6.07) is 8.78. The van der Waals surface area contributed by atoms with Crippen LogP contribution in [0.15, 0.2) is 40.5 Å². The molecule has 0 unspecified atom stereocenters. The fourth-order valence-corrected chi connectivity index (χ4v) is 4.83. The molecule has 0 saturated heterocycles. The second kappa shape index (κ2) is 9.10. The number of thiophene rings is 1. The Hall–Kier alpha value is -3.39. The highest BCUT2D eigenvalue weighted by atomic mass is 32.1. The summed E-state index contributed by atoms with van der Waals surface area (Å²) < 4.78 is 26.6. The number of amides is 1. The van der Waals surface area contributed by atoms with Crippen molar-refractivity contribution in [2.45, 2.75) is 39.7 Å². The lowest BCUT2D eigenvalue weighted by Crippen LogP contribution is -2.33. The first-order valence-corrected chi connectivity index (χ1v) is 11.8. The number of benzene rings is 2. The van der Waals surface area contributed by atoms with Crippen molar-refractivity contribution in [3.05, 3.63) is 63.0 Å². The first-order chi connectivity index (χ1) is 16.1. The number of methoxy groups -OCH3 is 1. The Morgan fingerprint density at radius 2 is 1.97 bits per heavy atom.